The van der Waals surface area contributed by atoms with Gasteiger partial charge in [-0.1, -0.05) is 48.5 Å². The largest absolute Gasteiger partial charge is 0.294 e. The number of Topliss-reactive ketones (excluding diaryl/α,β-unsaturated/α-hetero) is 1. The van der Waals surface area contributed by atoms with Crippen molar-refractivity contribution in [1.29, 1.82) is 0 Å². The van der Waals surface area contributed by atoms with E-state index in [1.54, 1.807) is 60.3 Å². The summed E-state index contributed by atoms with van der Waals surface area (Å²) in [4.78, 5) is 39.5. The van der Waals surface area contributed by atoms with Gasteiger partial charge < -0.3 is 0 Å². The van der Waals surface area contributed by atoms with Crippen molar-refractivity contribution in [2.45, 2.75) is 12.3 Å². The number of ketones is 1. The van der Waals surface area contributed by atoms with Crippen molar-refractivity contribution in [1.82, 2.24) is 4.90 Å². The van der Waals surface area contributed by atoms with Crippen LogP contribution >= 0.6 is 11.8 Å². The molecule has 0 aromatic heterocycles. The Morgan fingerprint density at radius 2 is 1.72 bits per heavy atom. The van der Waals surface area contributed by atoms with Crippen molar-refractivity contribution < 1.29 is 14.4 Å². The molecule has 0 fully saturated rings. The highest BCUT2D eigenvalue weighted by Crippen LogP contribution is 2.32. The van der Waals surface area contributed by atoms with Gasteiger partial charge in [0, 0.05) is 29.8 Å². The van der Waals surface area contributed by atoms with Crippen molar-refractivity contribution in [3.05, 3.63) is 71.3 Å². The second kappa shape index (κ2) is 7.66. The molecule has 5 heteroatoms. The van der Waals surface area contributed by atoms with Crippen molar-refractivity contribution in [3.8, 4) is 0 Å². The van der Waals surface area contributed by atoms with Gasteiger partial charge in [-0.3, -0.25) is 19.3 Å². The van der Waals surface area contributed by atoms with Gasteiger partial charge in [-0.05, 0) is 17.9 Å². The fourth-order valence-corrected chi connectivity index (χ4v) is 3.45. The van der Waals surface area contributed by atoms with Crippen molar-refractivity contribution >= 4 is 29.4 Å². The third-order valence-electron chi connectivity index (χ3n) is 4.38. The molecule has 0 spiro atoms. The second-order valence-corrected chi connectivity index (χ2v) is 6.91. The highest BCUT2D eigenvalue weighted by molar-refractivity contribution is 7.98. The molecule has 0 N–H and O–H groups in total. The third kappa shape index (κ3) is 3.51. The highest BCUT2D eigenvalue weighted by Gasteiger charge is 2.39. The lowest BCUT2D eigenvalue weighted by molar-refractivity contribution is -0.130. The minimum Gasteiger partial charge on any atom is -0.294 e. The molecule has 0 saturated heterocycles. The number of nitrogens with zero attached hydrogens (tertiary/aromatic N) is 1. The molecule has 1 heterocycles. The Hall–Kier alpha value is -2.40. The van der Waals surface area contributed by atoms with Gasteiger partial charge in [0.05, 0.1) is 5.92 Å². The first kappa shape index (κ1) is 17.4. The molecule has 1 unspecified atom stereocenters. The van der Waals surface area contributed by atoms with Gasteiger partial charge in [0.1, 0.15) is 0 Å². The van der Waals surface area contributed by atoms with E-state index in [1.807, 2.05) is 12.3 Å². The second-order valence-electron chi connectivity index (χ2n) is 5.92. The minimum atomic E-state index is -0.608. The first-order chi connectivity index (χ1) is 12.1. The number of carbonyl (C=O) groups is 3. The van der Waals surface area contributed by atoms with Gasteiger partial charge >= 0.3 is 0 Å². The number of hydrogen-bond acceptors (Lipinski definition) is 4. The highest BCUT2D eigenvalue weighted by atomic mass is 32.2. The number of benzene rings is 2. The van der Waals surface area contributed by atoms with E-state index in [2.05, 4.69) is 0 Å². The van der Waals surface area contributed by atoms with Crippen LogP contribution in [-0.4, -0.2) is 41.1 Å². The molecule has 0 radical (unpaired) electrons. The van der Waals surface area contributed by atoms with Crippen LogP contribution < -0.4 is 0 Å². The summed E-state index contributed by atoms with van der Waals surface area (Å²) in [6.07, 6.45) is 2.01. The van der Waals surface area contributed by atoms with Crippen LogP contribution in [-0.2, 0) is 4.79 Å². The van der Waals surface area contributed by atoms with Crippen LogP contribution in [0.15, 0.2) is 54.6 Å². The number of amides is 2. The van der Waals surface area contributed by atoms with Crippen molar-refractivity contribution in [2.75, 3.05) is 18.6 Å². The van der Waals surface area contributed by atoms with Crippen LogP contribution in [0.5, 0.6) is 0 Å². The predicted molar refractivity (Wildman–Crippen MR) is 99.0 cm³/mol. The molecule has 25 heavy (non-hydrogen) atoms. The van der Waals surface area contributed by atoms with Crippen LogP contribution in [0.2, 0.25) is 0 Å². The molecule has 3 rings (SSSR count). The lowest BCUT2D eigenvalue weighted by Crippen LogP contribution is -2.46. The quantitative estimate of drug-likeness (QED) is 0.590. The van der Waals surface area contributed by atoms with Crippen LogP contribution in [0.3, 0.4) is 0 Å². The third-order valence-corrected chi connectivity index (χ3v) is 4.97. The van der Waals surface area contributed by atoms with E-state index in [4.69, 9.17) is 0 Å². The molecule has 1 atom stereocenters. The lowest BCUT2D eigenvalue weighted by Gasteiger charge is -2.32. The average molecular weight is 353 g/mol. The molecule has 128 valence electrons. The van der Waals surface area contributed by atoms with E-state index < -0.39 is 5.92 Å². The zero-order chi connectivity index (χ0) is 17.8. The summed E-state index contributed by atoms with van der Waals surface area (Å²) in [5.74, 6) is -0.560. The van der Waals surface area contributed by atoms with Crippen molar-refractivity contribution in [3.63, 3.8) is 0 Å². The summed E-state index contributed by atoms with van der Waals surface area (Å²) in [6.45, 7) is 0.364. The van der Waals surface area contributed by atoms with E-state index in [-0.39, 0.29) is 24.0 Å². The maximum Gasteiger partial charge on any atom is 0.260 e. The molecule has 2 aromatic rings. The van der Waals surface area contributed by atoms with Gasteiger partial charge in [0.2, 0.25) is 5.91 Å². The van der Waals surface area contributed by atoms with E-state index in [0.717, 1.165) is 0 Å². The zero-order valence-corrected chi connectivity index (χ0v) is 14.8. The van der Waals surface area contributed by atoms with Crippen LogP contribution in [0, 0.1) is 0 Å². The number of fused-ring (bicyclic) bond motifs is 1. The Bertz CT molecular complexity index is 804. The molecule has 0 saturated carbocycles. The molecular weight excluding hydrogens is 334 g/mol. The van der Waals surface area contributed by atoms with Gasteiger partial charge in [-0.15, -0.1) is 0 Å². The minimum absolute atomic E-state index is 0.0723. The molecule has 2 amide bonds. The number of rotatable bonds is 6. The molecule has 4 nitrogen and oxygen atoms in total. The zero-order valence-electron chi connectivity index (χ0n) is 14.0. The number of carbonyl (C=O) groups excluding carboxylic acids is 3. The first-order valence-electron chi connectivity index (χ1n) is 8.15. The van der Waals surface area contributed by atoms with Gasteiger partial charge in [-0.25, -0.2) is 0 Å². The Labute approximate surface area is 151 Å². The average Bonchev–Trinajstić information content (AvgIpc) is 2.65. The van der Waals surface area contributed by atoms with Crippen molar-refractivity contribution in [2.24, 2.45) is 0 Å². The molecule has 1 aliphatic rings. The summed E-state index contributed by atoms with van der Waals surface area (Å²) in [6, 6.07) is 16.1. The van der Waals surface area contributed by atoms with Crippen LogP contribution in [0.25, 0.3) is 0 Å². The Balaban J connectivity index is 1.93. The molecular formula is C20H19NO3S. The molecule has 0 aliphatic carbocycles. The number of hydrogen-bond donors (Lipinski definition) is 0. The first-order valence-corrected chi connectivity index (χ1v) is 9.54. The van der Waals surface area contributed by atoms with Gasteiger partial charge in [0.25, 0.3) is 5.91 Å². The fourth-order valence-electron chi connectivity index (χ4n) is 3.08. The monoisotopic (exact) mass is 353 g/mol. The Kier molecular flexibility index (Phi) is 5.34. The number of thioether (sulfide) groups is 1. The summed E-state index contributed by atoms with van der Waals surface area (Å²) < 4.78 is 0. The predicted octanol–water partition coefficient (Wildman–Crippen LogP) is 3.39. The summed E-state index contributed by atoms with van der Waals surface area (Å²) in [7, 11) is 0. The maximum atomic E-state index is 12.9. The normalized spacial score (nSPS) is 16.7. The van der Waals surface area contributed by atoms with Gasteiger partial charge in [-0.2, -0.15) is 11.8 Å². The van der Waals surface area contributed by atoms with E-state index in [9.17, 15) is 14.4 Å². The summed E-state index contributed by atoms with van der Waals surface area (Å²) in [5, 5.41) is 0. The van der Waals surface area contributed by atoms with E-state index in [1.165, 1.54) is 4.90 Å². The van der Waals surface area contributed by atoms with E-state index >= 15 is 0 Å². The topological polar surface area (TPSA) is 54.5 Å². The van der Waals surface area contributed by atoms with Crippen LogP contribution in [0.4, 0.5) is 0 Å². The molecule has 0 bridgehead atoms. The fraction of sp³-hybridized carbons (Fsp3) is 0.250. The van der Waals surface area contributed by atoms with Crippen LogP contribution in [0.1, 0.15) is 38.6 Å². The Morgan fingerprint density at radius 1 is 1.04 bits per heavy atom. The van der Waals surface area contributed by atoms with Gasteiger partial charge in [0.15, 0.2) is 5.78 Å². The SMILES string of the molecule is CSCCN1C(=O)c2ccccc2C(CC(=O)c2ccccc2)C1=O. The molecule has 2 aromatic carbocycles. The maximum absolute atomic E-state index is 12.9. The Morgan fingerprint density at radius 3 is 2.44 bits per heavy atom. The number of imide groups is 1. The standard InChI is InChI=1S/C20H19NO3S/c1-25-12-11-21-19(23)16-10-6-5-9-15(16)17(20(21)24)13-18(22)14-7-3-2-4-8-14/h2-10,17H,11-13H2,1H3. The van der Waals surface area contributed by atoms with E-state index in [0.29, 0.717) is 29.0 Å². The summed E-state index contributed by atoms with van der Waals surface area (Å²) in [5.41, 5.74) is 1.76. The summed E-state index contributed by atoms with van der Waals surface area (Å²) >= 11 is 1.58. The lowest BCUT2D eigenvalue weighted by atomic mass is 9.84. The smallest absolute Gasteiger partial charge is 0.260 e. The molecule has 1 aliphatic heterocycles.